The van der Waals surface area contributed by atoms with Crippen molar-refractivity contribution < 1.29 is 9.21 Å². The van der Waals surface area contributed by atoms with E-state index in [1.54, 1.807) is 17.1 Å². The average molecular weight is 300 g/mol. The van der Waals surface area contributed by atoms with E-state index < -0.39 is 0 Å². The van der Waals surface area contributed by atoms with Crippen molar-refractivity contribution in [3.05, 3.63) is 36.5 Å². The van der Waals surface area contributed by atoms with E-state index in [1.807, 2.05) is 30.3 Å². The molecule has 2 aromatic rings. The minimum atomic E-state index is 0.0829. The van der Waals surface area contributed by atoms with Crippen LogP contribution in [0.25, 0.3) is 0 Å². The third kappa shape index (κ3) is 2.33. The molecule has 116 valence electrons. The average Bonchev–Trinajstić information content (AvgIpc) is 3.22. The summed E-state index contributed by atoms with van der Waals surface area (Å²) >= 11 is 0. The van der Waals surface area contributed by atoms with Gasteiger partial charge >= 0.3 is 0 Å². The number of furan rings is 1. The molecule has 2 saturated heterocycles. The Bertz CT molecular complexity index is 678. The fourth-order valence-corrected chi connectivity index (χ4v) is 3.74. The number of amides is 1. The molecule has 0 aromatic carbocycles. The molecular formula is C16H20N4O2. The molecular weight excluding hydrogens is 280 g/mol. The largest absolute Gasteiger partial charge is 0.468 e. The predicted molar refractivity (Wildman–Crippen MR) is 81.2 cm³/mol. The monoisotopic (exact) mass is 300 g/mol. The van der Waals surface area contributed by atoms with Crippen LogP contribution in [0, 0.1) is 5.41 Å². The van der Waals surface area contributed by atoms with E-state index in [4.69, 9.17) is 4.42 Å². The molecule has 0 radical (unpaired) electrons. The number of carbonyl (C=O) groups is 1. The Morgan fingerprint density at radius 1 is 1.41 bits per heavy atom. The van der Waals surface area contributed by atoms with Crippen molar-refractivity contribution in [1.29, 1.82) is 0 Å². The second-order valence-corrected chi connectivity index (χ2v) is 6.57. The number of nitrogens with zero attached hydrogens (tertiary/aromatic N) is 4. The first-order chi connectivity index (χ1) is 10.6. The van der Waals surface area contributed by atoms with Gasteiger partial charge in [-0.15, -0.1) is 0 Å². The number of hydrogen-bond acceptors (Lipinski definition) is 4. The smallest absolute Gasteiger partial charge is 0.227 e. The van der Waals surface area contributed by atoms with Crippen LogP contribution in [0.1, 0.15) is 18.6 Å². The Balaban J connectivity index is 1.46. The maximum absolute atomic E-state index is 12.4. The van der Waals surface area contributed by atoms with Gasteiger partial charge < -0.3 is 9.32 Å². The summed E-state index contributed by atoms with van der Waals surface area (Å²) in [4.78, 5) is 16.7. The minimum absolute atomic E-state index is 0.0829. The number of hydrogen-bond donors (Lipinski definition) is 0. The number of rotatable bonds is 3. The molecule has 0 unspecified atom stereocenters. The maximum Gasteiger partial charge on any atom is 0.227 e. The lowest BCUT2D eigenvalue weighted by Crippen LogP contribution is -2.31. The summed E-state index contributed by atoms with van der Waals surface area (Å²) in [6, 6.07) is 3.93. The fraction of sp³-hybridized carbons (Fsp3) is 0.500. The predicted octanol–water partition coefficient (Wildman–Crippen LogP) is 1.64. The molecule has 2 fully saturated rings. The summed E-state index contributed by atoms with van der Waals surface area (Å²) in [5.41, 5.74) is 0.994. The number of carbonyl (C=O) groups excluding carboxylic acids is 1. The van der Waals surface area contributed by atoms with Crippen molar-refractivity contribution in [3.8, 4) is 0 Å². The first-order valence-corrected chi connectivity index (χ1v) is 7.67. The van der Waals surface area contributed by atoms with Crippen molar-refractivity contribution in [2.24, 2.45) is 12.5 Å². The standard InChI is InChI=1S/C16H20N4O2/c1-18-9-13(8-17-18)20-12-16(7-15(20)21)4-5-19(11-16)10-14-3-2-6-22-14/h2-3,6,8-9H,4-5,7,10-12H2,1H3/t16-/m1/s1. The van der Waals surface area contributed by atoms with E-state index in [-0.39, 0.29) is 11.3 Å². The first kappa shape index (κ1) is 13.6. The quantitative estimate of drug-likeness (QED) is 0.865. The van der Waals surface area contributed by atoms with Gasteiger partial charge in [-0.1, -0.05) is 0 Å². The molecule has 0 aliphatic carbocycles. The van der Waals surface area contributed by atoms with Crippen LogP contribution in [0.4, 0.5) is 5.69 Å². The minimum Gasteiger partial charge on any atom is -0.468 e. The number of aryl methyl sites for hydroxylation is 1. The summed E-state index contributed by atoms with van der Waals surface area (Å²) in [5.74, 6) is 1.21. The van der Waals surface area contributed by atoms with Gasteiger partial charge in [-0.25, -0.2) is 0 Å². The van der Waals surface area contributed by atoms with Gasteiger partial charge in [0.2, 0.25) is 5.91 Å². The highest BCUT2D eigenvalue weighted by molar-refractivity contribution is 5.96. The zero-order chi connectivity index (χ0) is 15.2. The fourth-order valence-electron chi connectivity index (χ4n) is 3.74. The Labute approximate surface area is 129 Å². The first-order valence-electron chi connectivity index (χ1n) is 7.67. The van der Waals surface area contributed by atoms with Crippen molar-refractivity contribution in [2.45, 2.75) is 19.4 Å². The Kier molecular flexibility index (Phi) is 3.07. The van der Waals surface area contributed by atoms with Crippen LogP contribution >= 0.6 is 0 Å². The molecule has 1 amide bonds. The molecule has 22 heavy (non-hydrogen) atoms. The molecule has 4 rings (SSSR count). The van der Waals surface area contributed by atoms with Crippen molar-refractivity contribution >= 4 is 11.6 Å². The van der Waals surface area contributed by atoms with E-state index in [0.29, 0.717) is 6.42 Å². The van der Waals surface area contributed by atoms with Gasteiger partial charge in [0.15, 0.2) is 0 Å². The van der Waals surface area contributed by atoms with Gasteiger partial charge in [0.05, 0.1) is 24.7 Å². The van der Waals surface area contributed by atoms with Gasteiger partial charge in [0, 0.05) is 38.2 Å². The SMILES string of the molecule is Cn1cc(N2C[C@]3(CCN(Cc4ccco4)C3)CC2=O)cn1. The molecule has 2 aromatic heterocycles. The normalized spacial score (nSPS) is 25.7. The van der Waals surface area contributed by atoms with Gasteiger partial charge in [-0.05, 0) is 25.1 Å². The summed E-state index contributed by atoms with van der Waals surface area (Å²) in [5, 5.41) is 4.18. The van der Waals surface area contributed by atoms with Crippen LogP contribution in [0.5, 0.6) is 0 Å². The van der Waals surface area contributed by atoms with Crippen LogP contribution in [-0.2, 0) is 18.4 Å². The Morgan fingerprint density at radius 3 is 3.05 bits per heavy atom. The molecule has 6 nitrogen and oxygen atoms in total. The molecule has 2 aliphatic heterocycles. The van der Waals surface area contributed by atoms with E-state index in [9.17, 15) is 4.79 Å². The lowest BCUT2D eigenvalue weighted by atomic mass is 9.86. The molecule has 6 heteroatoms. The van der Waals surface area contributed by atoms with Crippen LogP contribution in [0.2, 0.25) is 0 Å². The second kappa shape index (κ2) is 4.98. The number of aromatic nitrogens is 2. The summed E-state index contributed by atoms with van der Waals surface area (Å²) in [7, 11) is 1.88. The van der Waals surface area contributed by atoms with E-state index in [0.717, 1.165) is 44.0 Å². The van der Waals surface area contributed by atoms with Gasteiger partial charge in [0.25, 0.3) is 0 Å². The van der Waals surface area contributed by atoms with Crippen LogP contribution < -0.4 is 4.90 Å². The zero-order valence-electron chi connectivity index (χ0n) is 12.7. The lowest BCUT2D eigenvalue weighted by molar-refractivity contribution is -0.117. The molecule has 0 bridgehead atoms. The van der Waals surface area contributed by atoms with Crippen molar-refractivity contribution in [1.82, 2.24) is 14.7 Å². The highest BCUT2D eigenvalue weighted by atomic mass is 16.3. The molecule has 2 aliphatic rings. The topological polar surface area (TPSA) is 54.5 Å². The maximum atomic E-state index is 12.4. The summed E-state index contributed by atoms with van der Waals surface area (Å²) in [6.07, 6.45) is 7.09. The molecule has 1 atom stereocenters. The summed E-state index contributed by atoms with van der Waals surface area (Å²) in [6.45, 7) is 3.60. The summed E-state index contributed by atoms with van der Waals surface area (Å²) < 4.78 is 7.17. The molecule has 4 heterocycles. The third-order valence-corrected chi connectivity index (χ3v) is 4.80. The zero-order valence-corrected chi connectivity index (χ0v) is 12.7. The van der Waals surface area contributed by atoms with Crippen LogP contribution in [0.3, 0.4) is 0 Å². The molecule has 0 N–H and O–H groups in total. The third-order valence-electron chi connectivity index (χ3n) is 4.80. The van der Waals surface area contributed by atoms with E-state index >= 15 is 0 Å². The highest BCUT2D eigenvalue weighted by Gasteiger charge is 2.47. The van der Waals surface area contributed by atoms with Gasteiger partial charge in [-0.2, -0.15) is 5.10 Å². The molecule has 1 spiro atoms. The second-order valence-electron chi connectivity index (χ2n) is 6.57. The van der Waals surface area contributed by atoms with Crippen molar-refractivity contribution in [3.63, 3.8) is 0 Å². The van der Waals surface area contributed by atoms with Crippen molar-refractivity contribution in [2.75, 3.05) is 24.5 Å². The Morgan fingerprint density at radius 2 is 2.32 bits per heavy atom. The Hall–Kier alpha value is -2.08. The lowest BCUT2D eigenvalue weighted by Gasteiger charge is -2.23. The van der Waals surface area contributed by atoms with E-state index in [2.05, 4.69) is 10.00 Å². The van der Waals surface area contributed by atoms with Gasteiger partial charge in [0.1, 0.15) is 5.76 Å². The van der Waals surface area contributed by atoms with Gasteiger partial charge in [-0.3, -0.25) is 14.4 Å². The van der Waals surface area contributed by atoms with Crippen LogP contribution in [-0.4, -0.2) is 40.2 Å². The van der Waals surface area contributed by atoms with E-state index in [1.165, 1.54) is 0 Å². The number of anilines is 1. The molecule has 0 saturated carbocycles. The highest BCUT2D eigenvalue weighted by Crippen LogP contribution is 2.42. The van der Waals surface area contributed by atoms with Crippen LogP contribution in [0.15, 0.2) is 35.2 Å². The number of likely N-dealkylation sites (tertiary alicyclic amines) is 1.